The second-order valence-electron chi connectivity index (χ2n) is 6.76. The van der Waals surface area contributed by atoms with Crippen molar-refractivity contribution in [3.05, 3.63) is 59.9 Å². The molecule has 1 heterocycles. The van der Waals surface area contributed by atoms with E-state index in [1.54, 1.807) is 24.3 Å². The molecule has 0 aliphatic carbocycles. The third-order valence-electron chi connectivity index (χ3n) is 4.83. The van der Waals surface area contributed by atoms with E-state index in [4.69, 9.17) is 4.74 Å². The van der Waals surface area contributed by atoms with Crippen molar-refractivity contribution < 1.29 is 14.2 Å². The SMILES string of the molecule is Oc1ccc(CCCN2CCN(CCOc3ccc(F)cc3)CC2)cc1. The van der Waals surface area contributed by atoms with Crippen LogP contribution in [0.25, 0.3) is 0 Å². The number of hydrogen-bond acceptors (Lipinski definition) is 4. The second-order valence-corrected chi connectivity index (χ2v) is 6.76. The summed E-state index contributed by atoms with van der Waals surface area (Å²) in [5.41, 5.74) is 1.28. The molecule has 0 unspecified atom stereocenters. The topological polar surface area (TPSA) is 35.9 Å². The van der Waals surface area contributed by atoms with Crippen LogP contribution in [0.4, 0.5) is 4.39 Å². The molecule has 1 N–H and O–H groups in total. The molecule has 1 fully saturated rings. The summed E-state index contributed by atoms with van der Waals surface area (Å²) in [5.74, 6) is 0.812. The molecule has 0 bridgehead atoms. The first-order valence-electron chi connectivity index (χ1n) is 9.30. The molecular weight excluding hydrogens is 331 g/mol. The lowest BCUT2D eigenvalue weighted by atomic mass is 10.1. The fourth-order valence-corrected chi connectivity index (χ4v) is 3.23. The second kappa shape index (κ2) is 9.55. The zero-order valence-corrected chi connectivity index (χ0v) is 15.1. The zero-order valence-electron chi connectivity index (χ0n) is 15.1. The zero-order chi connectivity index (χ0) is 18.2. The number of aromatic hydroxyl groups is 1. The molecule has 0 spiro atoms. The minimum atomic E-state index is -0.237. The highest BCUT2D eigenvalue weighted by Gasteiger charge is 2.16. The number of nitrogens with zero attached hydrogens (tertiary/aromatic N) is 2. The maximum absolute atomic E-state index is 12.9. The van der Waals surface area contributed by atoms with Gasteiger partial charge in [0.25, 0.3) is 0 Å². The average molecular weight is 358 g/mol. The standard InChI is InChI=1S/C21H27FN2O2/c22-19-5-9-21(10-6-19)26-17-16-24-14-12-23(13-15-24)11-1-2-18-3-7-20(25)8-4-18/h3-10,25H,1-2,11-17H2. The summed E-state index contributed by atoms with van der Waals surface area (Å²) in [5, 5.41) is 9.31. The van der Waals surface area contributed by atoms with Crippen LogP contribution < -0.4 is 4.74 Å². The summed E-state index contributed by atoms with van der Waals surface area (Å²) in [4.78, 5) is 4.93. The van der Waals surface area contributed by atoms with Gasteiger partial charge in [0.2, 0.25) is 0 Å². The molecule has 0 radical (unpaired) electrons. The lowest BCUT2D eigenvalue weighted by Crippen LogP contribution is -2.47. The van der Waals surface area contributed by atoms with Gasteiger partial charge in [-0.25, -0.2) is 4.39 Å². The van der Waals surface area contributed by atoms with E-state index in [2.05, 4.69) is 9.80 Å². The lowest BCUT2D eigenvalue weighted by Gasteiger charge is -2.34. The number of halogens is 1. The molecule has 1 aliphatic rings. The van der Waals surface area contributed by atoms with Crippen LogP contribution in [-0.4, -0.2) is 60.8 Å². The number of ether oxygens (including phenoxy) is 1. The number of rotatable bonds is 8. The fraction of sp³-hybridized carbons (Fsp3) is 0.429. The van der Waals surface area contributed by atoms with Crippen molar-refractivity contribution in [1.82, 2.24) is 9.80 Å². The Hall–Kier alpha value is -2.11. The molecular formula is C21H27FN2O2. The minimum absolute atomic E-state index is 0.237. The Morgan fingerprint density at radius 1 is 0.846 bits per heavy atom. The molecule has 0 atom stereocenters. The number of aryl methyl sites for hydroxylation is 1. The quantitative estimate of drug-likeness (QED) is 0.786. The van der Waals surface area contributed by atoms with E-state index < -0.39 is 0 Å². The Balaban J connectivity index is 1.27. The van der Waals surface area contributed by atoms with Gasteiger partial charge in [-0.15, -0.1) is 0 Å². The van der Waals surface area contributed by atoms with Crippen LogP contribution in [0.15, 0.2) is 48.5 Å². The maximum atomic E-state index is 12.9. The summed E-state index contributed by atoms with van der Waals surface area (Å²) in [6.07, 6.45) is 2.18. The third kappa shape index (κ3) is 6.00. The monoisotopic (exact) mass is 358 g/mol. The molecule has 26 heavy (non-hydrogen) atoms. The molecule has 3 rings (SSSR count). The predicted molar refractivity (Wildman–Crippen MR) is 101 cm³/mol. The Morgan fingerprint density at radius 3 is 2.12 bits per heavy atom. The van der Waals surface area contributed by atoms with Crippen LogP contribution in [-0.2, 0) is 6.42 Å². The predicted octanol–water partition coefficient (Wildman–Crippen LogP) is 3.16. The van der Waals surface area contributed by atoms with Gasteiger partial charge in [-0.3, -0.25) is 4.90 Å². The van der Waals surface area contributed by atoms with Gasteiger partial charge in [-0.05, 0) is 61.3 Å². The van der Waals surface area contributed by atoms with E-state index in [0.717, 1.165) is 57.9 Å². The van der Waals surface area contributed by atoms with Crippen molar-refractivity contribution in [2.75, 3.05) is 45.9 Å². The normalized spacial score (nSPS) is 15.9. The summed E-state index contributed by atoms with van der Waals surface area (Å²) < 4.78 is 18.5. The minimum Gasteiger partial charge on any atom is -0.508 e. The maximum Gasteiger partial charge on any atom is 0.123 e. The lowest BCUT2D eigenvalue weighted by molar-refractivity contribution is 0.116. The first-order chi connectivity index (χ1) is 12.7. The van der Waals surface area contributed by atoms with Gasteiger partial charge >= 0.3 is 0 Å². The molecule has 0 amide bonds. The van der Waals surface area contributed by atoms with E-state index in [1.807, 2.05) is 12.1 Å². The van der Waals surface area contributed by atoms with Gasteiger partial charge < -0.3 is 14.7 Å². The summed E-state index contributed by atoms with van der Waals surface area (Å²) in [6, 6.07) is 13.7. The number of phenols is 1. The van der Waals surface area contributed by atoms with Crippen LogP contribution >= 0.6 is 0 Å². The summed E-state index contributed by atoms with van der Waals surface area (Å²) in [7, 11) is 0. The summed E-state index contributed by atoms with van der Waals surface area (Å²) in [6.45, 7) is 6.95. The first kappa shape index (κ1) is 18.7. The fourth-order valence-electron chi connectivity index (χ4n) is 3.23. The third-order valence-corrected chi connectivity index (χ3v) is 4.83. The number of hydrogen-bond donors (Lipinski definition) is 1. The van der Waals surface area contributed by atoms with Crippen LogP contribution in [0.3, 0.4) is 0 Å². The van der Waals surface area contributed by atoms with Crippen molar-refractivity contribution in [2.24, 2.45) is 0 Å². The van der Waals surface area contributed by atoms with E-state index in [-0.39, 0.29) is 5.82 Å². The van der Waals surface area contributed by atoms with E-state index in [1.165, 1.54) is 17.7 Å². The van der Waals surface area contributed by atoms with Gasteiger partial charge in [-0.1, -0.05) is 12.1 Å². The highest BCUT2D eigenvalue weighted by molar-refractivity contribution is 5.25. The van der Waals surface area contributed by atoms with Crippen molar-refractivity contribution >= 4 is 0 Å². The van der Waals surface area contributed by atoms with Crippen molar-refractivity contribution in [1.29, 1.82) is 0 Å². The number of benzene rings is 2. The molecule has 0 aromatic heterocycles. The van der Waals surface area contributed by atoms with E-state index in [0.29, 0.717) is 12.4 Å². The van der Waals surface area contributed by atoms with Crippen LogP contribution in [0.1, 0.15) is 12.0 Å². The molecule has 1 saturated heterocycles. The van der Waals surface area contributed by atoms with Gasteiger partial charge in [0.05, 0.1) is 0 Å². The van der Waals surface area contributed by atoms with Crippen molar-refractivity contribution in [3.63, 3.8) is 0 Å². The van der Waals surface area contributed by atoms with E-state index >= 15 is 0 Å². The molecule has 4 nitrogen and oxygen atoms in total. The van der Waals surface area contributed by atoms with Crippen LogP contribution in [0.5, 0.6) is 11.5 Å². The molecule has 1 aliphatic heterocycles. The molecule has 5 heteroatoms. The molecule has 140 valence electrons. The Kier molecular flexibility index (Phi) is 6.86. The molecule has 2 aromatic carbocycles. The van der Waals surface area contributed by atoms with Crippen LogP contribution in [0, 0.1) is 5.82 Å². The highest BCUT2D eigenvalue weighted by atomic mass is 19.1. The number of phenolic OH excluding ortho intramolecular Hbond substituents is 1. The van der Waals surface area contributed by atoms with Gasteiger partial charge in [0.1, 0.15) is 23.9 Å². The van der Waals surface area contributed by atoms with Crippen molar-refractivity contribution in [2.45, 2.75) is 12.8 Å². The highest BCUT2D eigenvalue weighted by Crippen LogP contribution is 2.13. The Labute approximate surface area is 154 Å². The summed E-state index contributed by atoms with van der Waals surface area (Å²) >= 11 is 0. The molecule has 0 saturated carbocycles. The Morgan fingerprint density at radius 2 is 1.46 bits per heavy atom. The molecule has 2 aromatic rings. The Bertz CT molecular complexity index is 593. The van der Waals surface area contributed by atoms with Gasteiger partial charge in [0, 0.05) is 32.7 Å². The van der Waals surface area contributed by atoms with Gasteiger partial charge in [0.15, 0.2) is 0 Å². The van der Waals surface area contributed by atoms with Gasteiger partial charge in [-0.2, -0.15) is 0 Å². The first-order valence-corrected chi connectivity index (χ1v) is 9.30. The average Bonchev–Trinajstić information content (AvgIpc) is 2.66. The number of piperazine rings is 1. The smallest absolute Gasteiger partial charge is 0.123 e. The van der Waals surface area contributed by atoms with Crippen molar-refractivity contribution in [3.8, 4) is 11.5 Å². The van der Waals surface area contributed by atoms with E-state index in [9.17, 15) is 9.50 Å². The largest absolute Gasteiger partial charge is 0.508 e. The van der Waals surface area contributed by atoms with Crippen LogP contribution in [0.2, 0.25) is 0 Å².